The first kappa shape index (κ1) is 20.2. The fourth-order valence-electron chi connectivity index (χ4n) is 2.93. The molecule has 29 heavy (non-hydrogen) atoms. The number of carboxylic acid groups (broad SMARTS) is 1. The van der Waals surface area contributed by atoms with Crippen molar-refractivity contribution < 1.29 is 19.5 Å². The van der Waals surface area contributed by atoms with Crippen LogP contribution in [0.2, 0.25) is 0 Å². The van der Waals surface area contributed by atoms with Gasteiger partial charge in [-0.25, -0.2) is 9.78 Å². The fourth-order valence-corrected chi connectivity index (χ4v) is 3.84. The Morgan fingerprint density at radius 2 is 1.93 bits per heavy atom. The smallest absolute Gasteiger partial charge is 0.337 e. The van der Waals surface area contributed by atoms with E-state index >= 15 is 0 Å². The maximum absolute atomic E-state index is 13.0. The Morgan fingerprint density at radius 1 is 1.24 bits per heavy atom. The molecule has 4 N–H and O–H groups in total. The number of amides is 2. The molecule has 0 unspecified atom stereocenters. The van der Waals surface area contributed by atoms with Crippen molar-refractivity contribution in [2.45, 2.75) is 26.3 Å². The van der Waals surface area contributed by atoms with Crippen molar-refractivity contribution >= 4 is 45.0 Å². The Kier molecular flexibility index (Phi) is 5.46. The molecular formula is C19H18N4O5S. The number of carbonyl (C=O) groups is 3. The van der Waals surface area contributed by atoms with Gasteiger partial charge in [-0.15, -0.1) is 11.3 Å². The lowest BCUT2D eigenvalue weighted by Gasteiger charge is -2.15. The second kappa shape index (κ2) is 7.84. The summed E-state index contributed by atoms with van der Waals surface area (Å²) in [5.74, 6) is -2.34. The standard InChI is InChI=1S/C19H18N4O5S/c1-9(2)16-22-17-14(11(8-29-17)19(27)28)18(26)23(16)7-13(24)21-12-6-4-3-5-10(12)15(20)25/h3-6,8-9H,7H2,1-2H3,(H2,20,25)(H,21,24)(H,27,28). The lowest BCUT2D eigenvalue weighted by Crippen LogP contribution is -2.32. The lowest BCUT2D eigenvalue weighted by atomic mass is 10.1. The first-order valence-corrected chi connectivity index (χ1v) is 9.52. The van der Waals surface area contributed by atoms with Crippen LogP contribution < -0.4 is 16.6 Å². The van der Waals surface area contributed by atoms with Crippen LogP contribution in [-0.2, 0) is 11.3 Å². The number of nitrogens with two attached hydrogens (primary N) is 1. The molecule has 2 amide bonds. The summed E-state index contributed by atoms with van der Waals surface area (Å²) in [6, 6.07) is 6.24. The molecule has 0 atom stereocenters. The van der Waals surface area contributed by atoms with Gasteiger partial charge in [-0.1, -0.05) is 26.0 Å². The quantitative estimate of drug-likeness (QED) is 0.563. The molecule has 0 radical (unpaired) electrons. The number of para-hydroxylation sites is 1. The number of hydrogen-bond donors (Lipinski definition) is 3. The molecule has 9 nitrogen and oxygen atoms in total. The van der Waals surface area contributed by atoms with E-state index in [9.17, 15) is 24.3 Å². The van der Waals surface area contributed by atoms with Gasteiger partial charge in [-0.2, -0.15) is 0 Å². The van der Waals surface area contributed by atoms with Gasteiger partial charge in [0, 0.05) is 11.3 Å². The third kappa shape index (κ3) is 3.87. The molecule has 3 aromatic rings. The van der Waals surface area contributed by atoms with Crippen LogP contribution in [0.1, 0.15) is 46.3 Å². The van der Waals surface area contributed by atoms with Crippen LogP contribution in [0, 0.1) is 0 Å². The van der Waals surface area contributed by atoms with Crippen LogP contribution in [0.4, 0.5) is 5.69 Å². The average Bonchev–Trinajstić information content (AvgIpc) is 3.08. The van der Waals surface area contributed by atoms with E-state index in [0.29, 0.717) is 10.7 Å². The summed E-state index contributed by atoms with van der Waals surface area (Å²) in [5, 5.41) is 13.2. The monoisotopic (exact) mass is 414 g/mol. The number of benzene rings is 1. The molecule has 10 heteroatoms. The number of fused-ring (bicyclic) bond motifs is 1. The maximum Gasteiger partial charge on any atom is 0.337 e. The Bertz CT molecular complexity index is 1200. The van der Waals surface area contributed by atoms with Gasteiger partial charge < -0.3 is 16.2 Å². The number of aromatic carboxylic acids is 1. The number of carboxylic acids is 1. The van der Waals surface area contributed by atoms with Gasteiger partial charge in [0.15, 0.2) is 0 Å². The number of hydrogen-bond acceptors (Lipinski definition) is 6. The summed E-state index contributed by atoms with van der Waals surface area (Å²) in [6.07, 6.45) is 0. The number of nitrogens with one attached hydrogen (secondary N) is 1. The average molecular weight is 414 g/mol. The van der Waals surface area contributed by atoms with Crippen LogP contribution >= 0.6 is 11.3 Å². The first-order valence-electron chi connectivity index (χ1n) is 8.64. The van der Waals surface area contributed by atoms with Crippen LogP contribution in [0.25, 0.3) is 10.2 Å². The Morgan fingerprint density at radius 3 is 2.55 bits per heavy atom. The predicted molar refractivity (Wildman–Crippen MR) is 109 cm³/mol. The summed E-state index contributed by atoms with van der Waals surface area (Å²) in [6.45, 7) is 3.24. The minimum absolute atomic E-state index is 0.0303. The lowest BCUT2D eigenvalue weighted by molar-refractivity contribution is -0.116. The van der Waals surface area contributed by atoms with Gasteiger partial charge in [-0.3, -0.25) is 19.0 Å². The first-order chi connectivity index (χ1) is 13.7. The molecule has 2 heterocycles. The third-order valence-corrected chi connectivity index (χ3v) is 5.11. The van der Waals surface area contributed by atoms with Crippen molar-refractivity contribution in [1.29, 1.82) is 0 Å². The van der Waals surface area contributed by atoms with E-state index in [0.717, 1.165) is 15.9 Å². The minimum atomic E-state index is -1.24. The molecule has 0 aliphatic carbocycles. The molecular weight excluding hydrogens is 396 g/mol. The third-order valence-electron chi connectivity index (χ3n) is 4.24. The second-order valence-corrected chi connectivity index (χ2v) is 7.47. The number of primary amides is 1. The summed E-state index contributed by atoms with van der Waals surface area (Å²) in [7, 11) is 0. The highest BCUT2D eigenvalue weighted by atomic mass is 32.1. The van der Waals surface area contributed by atoms with Gasteiger partial charge in [-0.05, 0) is 12.1 Å². The van der Waals surface area contributed by atoms with E-state index < -0.39 is 29.9 Å². The molecule has 0 spiro atoms. The van der Waals surface area contributed by atoms with Crippen molar-refractivity contribution in [3.63, 3.8) is 0 Å². The van der Waals surface area contributed by atoms with Gasteiger partial charge >= 0.3 is 5.97 Å². The largest absolute Gasteiger partial charge is 0.478 e. The molecule has 3 rings (SSSR count). The zero-order valence-electron chi connectivity index (χ0n) is 15.6. The van der Waals surface area contributed by atoms with E-state index in [1.807, 2.05) is 13.8 Å². The predicted octanol–water partition coefficient (Wildman–Crippen LogP) is 2.02. The number of aromatic nitrogens is 2. The van der Waals surface area contributed by atoms with Crippen LogP contribution in [0.3, 0.4) is 0 Å². The summed E-state index contributed by atoms with van der Waals surface area (Å²) >= 11 is 1.07. The van der Waals surface area contributed by atoms with Gasteiger partial charge in [0.05, 0.1) is 22.2 Å². The Balaban J connectivity index is 2.04. The highest BCUT2D eigenvalue weighted by Gasteiger charge is 2.22. The number of rotatable bonds is 6. The second-order valence-electron chi connectivity index (χ2n) is 6.61. The van der Waals surface area contributed by atoms with Crippen LogP contribution in [-0.4, -0.2) is 32.4 Å². The molecule has 0 aliphatic heterocycles. The molecule has 150 valence electrons. The van der Waals surface area contributed by atoms with Crippen molar-refractivity contribution in [2.75, 3.05) is 5.32 Å². The van der Waals surface area contributed by atoms with Gasteiger partial charge in [0.2, 0.25) is 5.91 Å². The van der Waals surface area contributed by atoms with E-state index in [1.165, 1.54) is 17.5 Å². The van der Waals surface area contributed by atoms with Gasteiger partial charge in [0.25, 0.3) is 11.5 Å². The summed E-state index contributed by atoms with van der Waals surface area (Å²) in [5.41, 5.74) is 4.93. The highest BCUT2D eigenvalue weighted by Crippen LogP contribution is 2.24. The van der Waals surface area contributed by atoms with Crippen LogP contribution in [0.5, 0.6) is 0 Å². The highest BCUT2D eigenvalue weighted by molar-refractivity contribution is 7.17. The fraction of sp³-hybridized carbons (Fsp3) is 0.211. The maximum atomic E-state index is 13.0. The molecule has 0 saturated carbocycles. The normalized spacial score (nSPS) is 11.0. The molecule has 0 fully saturated rings. The zero-order valence-corrected chi connectivity index (χ0v) is 16.4. The van der Waals surface area contributed by atoms with Crippen molar-refractivity contribution in [3.05, 3.63) is 57.0 Å². The number of carbonyl (C=O) groups excluding carboxylic acids is 2. The molecule has 2 aromatic heterocycles. The van der Waals surface area contributed by atoms with E-state index in [2.05, 4.69) is 10.3 Å². The SMILES string of the molecule is CC(C)c1nc2scc(C(=O)O)c2c(=O)n1CC(=O)Nc1ccccc1C(N)=O. The molecule has 1 aromatic carbocycles. The van der Waals surface area contributed by atoms with E-state index in [-0.39, 0.29) is 28.1 Å². The Labute approximate surface area is 168 Å². The number of thiophene rings is 1. The van der Waals surface area contributed by atoms with Crippen molar-refractivity contribution in [3.8, 4) is 0 Å². The minimum Gasteiger partial charge on any atom is -0.478 e. The number of nitrogens with zero attached hydrogens (tertiary/aromatic N) is 2. The topological polar surface area (TPSA) is 144 Å². The number of anilines is 1. The molecule has 0 saturated heterocycles. The van der Waals surface area contributed by atoms with Gasteiger partial charge in [0.1, 0.15) is 17.2 Å². The van der Waals surface area contributed by atoms with E-state index in [4.69, 9.17) is 5.73 Å². The Hall–Kier alpha value is -3.53. The zero-order chi connectivity index (χ0) is 21.3. The van der Waals surface area contributed by atoms with Crippen molar-refractivity contribution in [2.24, 2.45) is 5.73 Å². The molecule has 0 aliphatic rings. The molecule has 0 bridgehead atoms. The van der Waals surface area contributed by atoms with E-state index in [1.54, 1.807) is 12.1 Å². The van der Waals surface area contributed by atoms with Crippen molar-refractivity contribution in [1.82, 2.24) is 9.55 Å². The summed E-state index contributed by atoms with van der Waals surface area (Å²) < 4.78 is 1.16. The summed E-state index contributed by atoms with van der Waals surface area (Å²) in [4.78, 5) is 53.3. The van der Waals surface area contributed by atoms with Crippen LogP contribution in [0.15, 0.2) is 34.4 Å².